The van der Waals surface area contributed by atoms with Crippen LogP contribution in [0.2, 0.25) is 0 Å². The Morgan fingerprint density at radius 2 is 1.55 bits per heavy atom. The van der Waals surface area contributed by atoms with Crippen molar-refractivity contribution in [3.05, 3.63) is 0 Å². The number of carboxylic acid groups (broad SMARTS) is 1. The molecule has 4 nitrogen and oxygen atoms in total. The summed E-state index contributed by atoms with van der Waals surface area (Å²) in [6.45, 7) is 5.82. The highest BCUT2D eigenvalue weighted by Gasteiger charge is 2.28. The molecular weight excluding hydrogens is 254 g/mol. The molecule has 0 heterocycles. The monoisotopic (exact) mass is 283 g/mol. The molecule has 1 aliphatic rings. The van der Waals surface area contributed by atoms with Crippen LogP contribution in [-0.4, -0.2) is 34.5 Å². The van der Waals surface area contributed by atoms with Crippen LogP contribution in [0, 0.1) is 11.8 Å². The molecule has 1 rings (SSSR count). The molecule has 1 N–H and O–H groups in total. The van der Waals surface area contributed by atoms with E-state index in [1.54, 1.807) is 6.92 Å². The van der Waals surface area contributed by atoms with E-state index in [1.165, 1.54) is 19.3 Å². The molecule has 0 bridgehead atoms. The Labute approximate surface area is 122 Å². The molecule has 4 heteroatoms. The maximum atomic E-state index is 12.4. The van der Waals surface area contributed by atoms with Crippen molar-refractivity contribution in [2.75, 3.05) is 6.54 Å². The van der Waals surface area contributed by atoms with Gasteiger partial charge in [-0.15, -0.1) is 0 Å². The van der Waals surface area contributed by atoms with Crippen LogP contribution in [0.15, 0.2) is 0 Å². The summed E-state index contributed by atoms with van der Waals surface area (Å²) in [6.07, 6.45) is 8.08. The number of hydrogen-bond donors (Lipinski definition) is 1. The maximum Gasteiger partial charge on any atom is 0.308 e. The van der Waals surface area contributed by atoms with Crippen LogP contribution >= 0.6 is 0 Å². The third kappa shape index (κ3) is 5.14. The smallest absolute Gasteiger partial charge is 0.308 e. The van der Waals surface area contributed by atoms with Crippen molar-refractivity contribution >= 4 is 11.9 Å². The maximum absolute atomic E-state index is 12.4. The summed E-state index contributed by atoms with van der Waals surface area (Å²) >= 11 is 0. The summed E-state index contributed by atoms with van der Waals surface area (Å²) < 4.78 is 0. The molecule has 0 aromatic carbocycles. The Morgan fingerprint density at radius 1 is 1.05 bits per heavy atom. The zero-order valence-corrected chi connectivity index (χ0v) is 13.1. The number of carbonyl (C=O) groups excluding carboxylic acids is 1. The van der Waals surface area contributed by atoms with E-state index in [-0.39, 0.29) is 17.9 Å². The quantitative estimate of drug-likeness (QED) is 0.842. The number of hydrogen-bond acceptors (Lipinski definition) is 2. The van der Waals surface area contributed by atoms with Gasteiger partial charge in [0.05, 0.1) is 5.92 Å². The van der Waals surface area contributed by atoms with Crippen molar-refractivity contribution in [3.63, 3.8) is 0 Å². The summed E-state index contributed by atoms with van der Waals surface area (Å²) in [5.41, 5.74) is 0. The summed E-state index contributed by atoms with van der Waals surface area (Å²) in [4.78, 5) is 25.4. The van der Waals surface area contributed by atoms with Gasteiger partial charge in [0.15, 0.2) is 0 Å². The molecule has 1 fully saturated rings. The minimum Gasteiger partial charge on any atom is -0.481 e. The number of nitrogens with zero attached hydrogens (tertiary/aromatic N) is 1. The zero-order valence-electron chi connectivity index (χ0n) is 13.1. The lowest BCUT2D eigenvalue weighted by molar-refractivity contribution is -0.145. The first kappa shape index (κ1) is 17.0. The highest BCUT2D eigenvalue weighted by Crippen LogP contribution is 2.23. The van der Waals surface area contributed by atoms with Crippen LogP contribution in [0.3, 0.4) is 0 Å². The van der Waals surface area contributed by atoms with Gasteiger partial charge in [-0.3, -0.25) is 9.59 Å². The van der Waals surface area contributed by atoms with Gasteiger partial charge < -0.3 is 10.0 Å². The van der Waals surface area contributed by atoms with E-state index in [4.69, 9.17) is 5.11 Å². The van der Waals surface area contributed by atoms with Crippen molar-refractivity contribution in [1.82, 2.24) is 4.90 Å². The van der Waals surface area contributed by atoms with E-state index in [0.717, 1.165) is 25.7 Å². The standard InChI is InChI=1S/C16H29NO3/c1-12(2)15(18)17(11-13(3)16(19)20)14-9-7-5-4-6-8-10-14/h12-14H,4-11H2,1-3H3,(H,19,20). The first-order chi connectivity index (χ1) is 9.43. The minimum absolute atomic E-state index is 0.0681. The van der Waals surface area contributed by atoms with E-state index in [9.17, 15) is 9.59 Å². The van der Waals surface area contributed by atoms with Crippen molar-refractivity contribution in [2.24, 2.45) is 11.8 Å². The fourth-order valence-corrected chi connectivity index (χ4v) is 2.87. The fourth-order valence-electron chi connectivity index (χ4n) is 2.87. The van der Waals surface area contributed by atoms with Gasteiger partial charge in [-0.25, -0.2) is 0 Å². The van der Waals surface area contributed by atoms with E-state index in [2.05, 4.69) is 0 Å². The Kier molecular flexibility index (Phi) is 7.03. The number of carbonyl (C=O) groups is 2. The molecule has 0 aliphatic heterocycles. The molecule has 116 valence electrons. The second-order valence-corrected chi connectivity index (χ2v) is 6.38. The number of amides is 1. The molecule has 1 saturated carbocycles. The highest BCUT2D eigenvalue weighted by atomic mass is 16.4. The molecule has 0 aromatic rings. The summed E-state index contributed by atoms with van der Waals surface area (Å²) in [6, 6.07) is 0.229. The van der Waals surface area contributed by atoms with Gasteiger partial charge in [-0.2, -0.15) is 0 Å². The summed E-state index contributed by atoms with van der Waals surface area (Å²) in [5.74, 6) is -1.29. The van der Waals surface area contributed by atoms with Gasteiger partial charge in [0, 0.05) is 18.5 Å². The Bertz CT molecular complexity index is 320. The van der Waals surface area contributed by atoms with Crippen LogP contribution in [-0.2, 0) is 9.59 Å². The lowest BCUT2D eigenvalue weighted by Crippen LogP contribution is -2.46. The van der Waals surface area contributed by atoms with Crippen molar-refractivity contribution in [3.8, 4) is 0 Å². The van der Waals surface area contributed by atoms with Gasteiger partial charge in [0.1, 0.15) is 0 Å². The molecule has 0 spiro atoms. The SMILES string of the molecule is CC(C)C(=O)N(CC(C)C(=O)O)C1CCCCCCC1. The topological polar surface area (TPSA) is 57.6 Å². The highest BCUT2D eigenvalue weighted by molar-refractivity contribution is 5.79. The van der Waals surface area contributed by atoms with Gasteiger partial charge in [0.2, 0.25) is 5.91 Å². The fraction of sp³-hybridized carbons (Fsp3) is 0.875. The van der Waals surface area contributed by atoms with Crippen molar-refractivity contribution in [2.45, 2.75) is 71.8 Å². The molecule has 1 aliphatic carbocycles. The number of aliphatic carboxylic acids is 1. The third-order valence-electron chi connectivity index (χ3n) is 4.18. The van der Waals surface area contributed by atoms with E-state index in [1.807, 2.05) is 18.7 Å². The van der Waals surface area contributed by atoms with Crippen molar-refractivity contribution < 1.29 is 14.7 Å². The zero-order chi connectivity index (χ0) is 15.1. The lowest BCUT2D eigenvalue weighted by Gasteiger charge is -2.35. The average molecular weight is 283 g/mol. The average Bonchev–Trinajstić information content (AvgIpc) is 2.35. The number of rotatable bonds is 5. The Morgan fingerprint density at radius 3 is 2.00 bits per heavy atom. The van der Waals surface area contributed by atoms with E-state index < -0.39 is 11.9 Å². The molecule has 20 heavy (non-hydrogen) atoms. The molecule has 1 atom stereocenters. The van der Waals surface area contributed by atoms with Crippen LogP contribution in [0.25, 0.3) is 0 Å². The van der Waals surface area contributed by atoms with Crippen LogP contribution in [0.5, 0.6) is 0 Å². The van der Waals surface area contributed by atoms with Crippen LogP contribution in [0.1, 0.15) is 65.7 Å². The van der Waals surface area contributed by atoms with Crippen LogP contribution < -0.4 is 0 Å². The first-order valence-electron chi connectivity index (χ1n) is 7.96. The first-order valence-corrected chi connectivity index (χ1v) is 7.96. The molecule has 1 unspecified atom stereocenters. The van der Waals surface area contributed by atoms with Gasteiger partial charge >= 0.3 is 5.97 Å². The normalized spacial score (nSPS) is 19.2. The summed E-state index contributed by atoms with van der Waals surface area (Å²) in [7, 11) is 0. The molecular formula is C16H29NO3. The van der Waals surface area contributed by atoms with Crippen molar-refractivity contribution in [1.29, 1.82) is 0 Å². The lowest BCUT2D eigenvalue weighted by atomic mass is 9.94. The molecule has 0 radical (unpaired) electrons. The van der Waals surface area contributed by atoms with E-state index in [0.29, 0.717) is 6.54 Å². The van der Waals surface area contributed by atoms with Crippen LogP contribution in [0.4, 0.5) is 0 Å². The Balaban J connectivity index is 2.78. The molecule has 1 amide bonds. The van der Waals surface area contributed by atoms with E-state index >= 15 is 0 Å². The largest absolute Gasteiger partial charge is 0.481 e. The predicted octanol–water partition coefficient (Wildman–Crippen LogP) is 3.30. The predicted molar refractivity (Wildman–Crippen MR) is 79.5 cm³/mol. The second kappa shape index (κ2) is 8.28. The second-order valence-electron chi connectivity index (χ2n) is 6.38. The molecule has 0 saturated heterocycles. The number of carboxylic acids is 1. The Hall–Kier alpha value is -1.06. The van der Waals surface area contributed by atoms with Gasteiger partial charge in [0.25, 0.3) is 0 Å². The van der Waals surface area contributed by atoms with Gasteiger partial charge in [-0.05, 0) is 12.8 Å². The minimum atomic E-state index is -0.822. The third-order valence-corrected chi connectivity index (χ3v) is 4.18. The van der Waals surface area contributed by atoms with Gasteiger partial charge in [-0.1, -0.05) is 52.9 Å². The molecule has 0 aromatic heterocycles. The summed E-state index contributed by atoms with van der Waals surface area (Å²) in [5, 5.41) is 9.11.